The van der Waals surface area contributed by atoms with Gasteiger partial charge in [0.2, 0.25) is 0 Å². The molecular formula is C74H134O6. The summed E-state index contributed by atoms with van der Waals surface area (Å²) < 4.78 is 17.0. The van der Waals surface area contributed by atoms with Crippen molar-refractivity contribution in [1.29, 1.82) is 0 Å². The predicted octanol–water partition coefficient (Wildman–Crippen LogP) is 24.3. The Labute approximate surface area is 498 Å². The van der Waals surface area contributed by atoms with Crippen LogP contribution in [0.1, 0.15) is 374 Å². The van der Waals surface area contributed by atoms with E-state index in [1.807, 2.05) is 0 Å². The molecule has 0 N–H and O–H groups in total. The van der Waals surface area contributed by atoms with Crippen molar-refractivity contribution in [2.24, 2.45) is 0 Å². The first-order chi connectivity index (χ1) is 39.5. The molecule has 0 aliphatic carbocycles. The van der Waals surface area contributed by atoms with Gasteiger partial charge in [0.05, 0.1) is 0 Å². The maximum atomic E-state index is 12.9. The van der Waals surface area contributed by atoms with Gasteiger partial charge in [0.15, 0.2) is 6.10 Å². The van der Waals surface area contributed by atoms with Crippen molar-refractivity contribution in [2.45, 2.75) is 380 Å². The maximum absolute atomic E-state index is 12.9. The topological polar surface area (TPSA) is 78.9 Å². The largest absolute Gasteiger partial charge is 0.462 e. The predicted molar refractivity (Wildman–Crippen MR) is 348 cm³/mol. The van der Waals surface area contributed by atoms with E-state index in [-0.39, 0.29) is 31.1 Å². The van der Waals surface area contributed by atoms with Crippen LogP contribution in [0.5, 0.6) is 0 Å². The van der Waals surface area contributed by atoms with Gasteiger partial charge in [-0.25, -0.2) is 0 Å². The van der Waals surface area contributed by atoms with Gasteiger partial charge in [-0.05, 0) is 83.5 Å². The smallest absolute Gasteiger partial charge is 0.306 e. The van der Waals surface area contributed by atoms with Gasteiger partial charge in [-0.15, -0.1) is 0 Å². The quantitative estimate of drug-likeness (QED) is 0.0261. The molecule has 0 saturated heterocycles. The molecule has 0 fully saturated rings. The maximum Gasteiger partial charge on any atom is 0.306 e. The Balaban J connectivity index is 4.14. The van der Waals surface area contributed by atoms with Crippen molar-refractivity contribution in [1.82, 2.24) is 0 Å². The molecule has 0 aromatic heterocycles. The third-order valence-electron chi connectivity index (χ3n) is 15.8. The van der Waals surface area contributed by atoms with E-state index in [9.17, 15) is 14.4 Å². The number of allylic oxidation sites excluding steroid dienone is 10. The van der Waals surface area contributed by atoms with Crippen molar-refractivity contribution < 1.29 is 28.6 Å². The van der Waals surface area contributed by atoms with Gasteiger partial charge in [0.25, 0.3) is 0 Å². The Morgan fingerprint density at radius 2 is 0.487 bits per heavy atom. The number of ether oxygens (including phenoxy) is 3. The normalized spacial score (nSPS) is 12.4. The third kappa shape index (κ3) is 65.9. The van der Waals surface area contributed by atoms with E-state index in [2.05, 4.69) is 81.5 Å². The first-order valence-corrected chi connectivity index (χ1v) is 35.3. The Morgan fingerprint density at radius 3 is 0.775 bits per heavy atom. The molecule has 0 aromatic rings. The van der Waals surface area contributed by atoms with Crippen LogP contribution in [0.3, 0.4) is 0 Å². The van der Waals surface area contributed by atoms with Crippen LogP contribution in [0.4, 0.5) is 0 Å². The fourth-order valence-electron chi connectivity index (χ4n) is 10.5. The lowest BCUT2D eigenvalue weighted by Gasteiger charge is -2.18. The first kappa shape index (κ1) is 77.1. The zero-order chi connectivity index (χ0) is 57.8. The molecule has 0 aromatic carbocycles. The molecule has 1 unspecified atom stereocenters. The van der Waals surface area contributed by atoms with Gasteiger partial charge in [0.1, 0.15) is 13.2 Å². The highest BCUT2D eigenvalue weighted by atomic mass is 16.6. The van der Waals surface area contributed by atoms with E-state index in [1.54, 1.807) is 0 Å². The van der Waals surface area contributed by atoms with Crippen LogP contribution >= 0.6 is 0 Å². The lowest BCUT2D eigenvalue weighted by molar-refractivity contribution is -0.167. The highest BCUT2D eigenvalue weighted by Crippen LogP contribution is 2.18. The molecule has 0 radical (unpaired) electrons. The summed E-state index contributed by atoms with van der Waals surface area (Å²) >= 11 is 0. The Morgan fingerprint density at radius 1 is 0.263 bits per heavy atom. The Kier molecular flexibility index (Phi) is 66.1. The van der Waals surface area contributed by atoms with Gasteiger partial charge in [-0.2, -0.15) is 0 Å². The van der Waals surface area contributed by atoms with Crippen molar-refractivity contribution in [3.05, 3.63) is 60.8 Å². The second-order valence-electron chi connectivity index (χ2n) is 23.8. The monoisotopic (exact) mass is 1120 g/mol. The number of hydrogen-bond donors (Lipinski definition) is 0. The van der Waals surface area contributed by atoms with Crippen LogP contribution < -0.4 is 0 Å². The zero-order valence-electron chi connectivity index (χ0n) is 53.6. The molecule has 0 aliphatic heterocycles. The van der Waals surface area contributed by atoms with Crippen molar-refractivity contribution in [3.8, 4) is 0 Å². The summed E-state index contributed by atoms with van der Waals surface area (Å²) in [4.78, 5) is 38.3. The average molecular weight is 1120 g/mol. The summed E-state index contributed by atoms with van der Waals surface area (Å²) in [6, 6.07) is 0. The molecule has 6 heteroatoms. The summed E-state index contributed by atoms with van der Waals surface area (Å²) in [7, 11) is 0. The number of carbonyl (C=O) groups excluding carboxylic acids is 3. The van der Waals surface area contributed by atoms with Crippen LogP contribution in [0, 0.1) is 0 Å². The fourth-order valence-corrected chi connectivity index (χ4v) is 10.5. The molecule has 0 aliphatic rings. The molecule has 0 amide bonds. The lowest BCUT2D eigenvalue weighted by Crippen LogP contribution is -2.30. The molecule has 0 saturated carbocycles. The summed E-state index contributed by atoms with van der Waals surface area (Å²) in [5, 5.41) is 0. The molecular weight excluding hydrogens is 985 g/mol. The van der Waals surface area contributed by atoms with Crippen LogP contribution in [-0.4, -0.2) is 37.2 Å². The average Bonchev–Trinajstić information content (AvgIpc) is 3.46. The second-order valence-corrected chi connectivity index (χ2v) is 23.8. The second kappa shape index (κ2) is 68.6. The van der Waals surface area contributed by atoms with Crippen molar-refractivity contribution in [3.63, 3.8) is 0 Å². The van der Waals surface area contributed by atoms with Gasteiger partial charge < -0.3 is 14.2 Å². The third-order valence-corrected chi connectivity index (χ3v) is 15.8. The first-order valence-electron chi connectivity index (χ1n) is 35.3. The summed E-state index contributed by atoms with van der Waals surface area (Å²) in [6.45, 7) is 6.57. The van der Waals surface area contributed by atoms with E-state index in [0.29, 0.717) is 19.3 Å². The minimum absolute atomic E-state index is 0.0688. The SMILES string of the molecule is CC/C=C\C/C=C\C/C=C\C/C=C\CCCCCCCCCCCCCCCCCCC(=O)OCC(COC(=O)CCCCCCCCCCCC)OC(=O)CCCCCCCCCCCCC/C=C\CCCCCCCCCC. The van der Waals surface area contributed by atoms with Gasteiger partial charge >= 0.3 is 17.9 Å². The lowest BCUT2D eigenvalue weighted by atomic mass is 10.0. The number of carbonyl (C=O) groups is 3. The zero-order valence-corrected chi connectivity index (χ0v) is 53.6. The summed E-state index contributed by atoms with van der Waals surface area (Å²) in [5.74, 6) is -0.847. The van der Waals surface area contributed by atoms with Crippen LogP contribution in [0.2, 0.25) is 0 Å². The van der Waals surface area contributed by atoms with Gasteiger partial charge in [-0.1, -0.05) is 332 Å². The molecule has 0 rings (SSSR count). The Hall–Kier alpha value is -2.89. The van der Waals surface area contributed by atoms with E-state index in [0.717, 1.165) is 83.5 Å². The molecule has 1 atom stereocenters. The molecule has 0 bridgehead atoms. The van der Waals surface area contributed by atoms with Crippen molar-refractivity contribution >= 4 is 17.9 Å². The molecule has 0 heterocycles. The molecule has 6 nitrogen and oxygen atoms in total. The van der Waals surface area contributed by atoms with Crippen molar-refractivity contribution in [2.75, 3.05) is 13.2 Å². The van der Waals surface area contributed by atoms with Crippen LogP contribution in [0.15, 0.2) is 60.8 Å². The number of unbranched alkanes of at least 4 members (excludes halogenated alkanes) is 44. The van der Waals surface area contributed by atoms with Gasteiger partial charge in [0, 0.05) is 19.3 Å². The van der Waals surface area contributed by atoms with E-state index >= 15 is 0 Å². The number of hydrogen-bond acceptors (Lipinski definition) is 6. The number of rotatable bonds is 65. The van der Waals surface area contributed by atoms with E-state index in [4.69, 9.17) is 14.2 Å². The van der Waals surface area contributed by atoms with E-state index in [1.165, 1.54) is 250 Å². The molecule has 80 heavy (non-hydrogen) atoms. The van der Waals surface area contributed by atoms with Gasteiger partial charge in [-0.3, -0.25) is 14.4 Å². The highest BCUT2D eigenvalue weighted by Gasteiger charge is 2.19. The molecule has 0 spiro atoms. The Bertz CT molecular complexity index is 1430. The highest BCUT2D eigenvalue weighted by molar-refractivity contribution is 5.71. The summed E-state index contributed by atoms with van der Waals surface area (Å²) in [5.41, 5.74) is 0. The van der Waals surface area contributed by atoms with Crippen LogP contribution in [-0.2, 0) is 28.6 Å². The summed E-state index contributed by atoms with van der Waals surface area (Å²) in [6.07, 6.45) is 88.3. The fraction of sp³-hybridized carbons (Fsp3) is 0.824. The molecule has 466 valence electrons. The minimum Gasteiger partial charge on any atom is -0.462 e. The van der Waals surface area contributed by atoms with E-state index < -0.39 is 6.10 Å². The number of esters is 3. The standard InChI is InChI=1S/C74H134O6/c1-4-7-10-13-16-19-22-24-26-28-30-32-34-35-36-37-38-39-41-42-44-46-48-50-52-55-58-61-64-67-73(76)79-70-71(69-78-72(75)66-63-60-57-54-21-18-15-12-9-6-3)80-74(77)68-65-62-59-56-53-51-49-47-45-43-40-33-31-29-27-25-23-20-17-14-11-8-5-2/h7,10,16,19,24,26,29-32,71H,4-6,8-9,11-15,17-18,20-23,25,27-28,33-70H2,1-3H3/b10-7-,19-16-,26-24-,31-29-,32-30-. The minimum atomic E-state index is -0.771. The van der Waals surface area contributed by atoms with Crippen LogP contribution in [0.25, 0.3) is 0 Å².